The third-order valence-electron chi connectivity index (χ3n) is 2.09. The molecule has 0 N–H and O–H groups in total. The van der Waals surface area contributed by atoms with Crippen LogP contribution in [0.1, 0.15) is 23.2 Å². The van der Waals surface area contributed by atoms with Crippen molar-refractivity contribution in [3.8, 4) is 11.4 Å². The van der Waals surface area contributed by atoms with E-state index >= 15 is 0 Å². The highest BCUT2D eigenvalue weighted by Gasteiger charge is 2.11. The summed E-state index contributed by atoms with van der Waals surface area (Å²) in [6.45, 7) is 4.00. The van der Waals surface area contributed by atoms with Crippen LogP contribution >= 0.6 is 15.9 Å². The molecular weight excluding hydrogens is 256 g/mol. The molecule has 0 radical (unpaired) electrons. The van der Waals surface area contributed by atoms with Crippen molar-refractivity contribution in [3.63, 3.8) is 0 Å². The van der Waals surface area contributed by atoms with Crippen molar-refractivity contribution >= 4 is 15.9 Å². The summed E-state index contributed by atoms with van der Waals surface area (Å²) < 4.78 is 5.10. The third kappa shape index (κ3) is 2.26. The number of rotatable bonds is 2. The summed E-state index contributed by atoms with van der Waals surface area (Å²) in [5.74, 6) is 1.24. The lowest BCUT2D eigenvalue weighted by Gasteiger charge is -1.94. The Labute approximate surface area is 96.6 Å². The van der Waals surface area contributed by atoms with E-state index in [-0.39, 0.29) is 4.83 Å². The van der Waals surface area contributed by atoms with Crippen molar-refractivity contribution in [1.82, 2.24) is 10.1 Å². The van der Waals surface area contributed by atoms with Crippen LogP contribution in [0.15, 0.2) is 28.8 Å². The molecule has 15 heavy (non-hydrogen) atoms. The van der Waals surface area contributed by atoms with Gasteiger partial charge in [0.1, 0.15) is 0 Å². The van der Waals surface area contributed by atoms with Crippen LogP contribution in [0.4, 0.5) is 0 Å². The van der Waals surface area contributed by atoms with E-state index in [1.807, 2.05) is 38.1 Å². The summed E-state index contributed by atoms with van der Waals surface area (Å²) in [7, 11) is 0. The predicted molar refractivity (Wildman–Crippen MR) is 61.8 cm³/mol. The fourth-order valence-corrected chi connectivity index (χ4v) is 1.40. The number of aromatic nitrogens is 2. The van der Waals surface area contributed by atoms with Crippen molar-refractivity contribution < 1.29 is 4.52 Å². The highest BCUT2D eigenvalue weighted by atomic mass is 79.9. The van der Waals surface area contributed by atoms with Crippen LogP contribution in [0.3, 0.4) is 0 Å². The molecule has 1 aromatic heterocycles. The highest BCUT2D eigenvalue weighted by molar-refractivity contribution is 9.09. The average molecular weight is 267 g/mol. The Morgan fingerprint density at radius 3 is 2.47 bits per heavy atom. The van der Waals surface area contributed by atoms with Gasteiger partial charge in [-0.25, -0.2) is 0 Å². The van der Waals surface area contributed by atoms with E-state index in [0.29, 0.717) is 11.7 Å². The molecule has 0 aliphatic rings. The molecule has 0 amide bonds. The van der Waals surface area contributed by atoms with E-state index in [9.17, 15) is 0 Å². The molecule has 1 unspecified atom stereocenters. The Hall–Kier alpha value is -1.16. The minimum atomic E-state index is 0.0872. The Morgan fingerprint density at radius 2 is 1.93 bits per heavy atom. The second-order valence-electron chi connectivity index (χ2n) is 3.44. The number of benzene rings is 1. The van der Waals surface area contributed by atoms with Gasteiger partial charge in [0.2, 0.25) is 11.7 Å². The number of nitrogens with zero attached hydrogens (tertiary/aromatic N) is 2. The summed E-state index contributed by atoms with van der Waals surface area (Å²) in [6.07, 6.45) is 0. The van der Waals surface area contributed by atoms with Gasteiger partial charge in [-0.3, -0.25) is 0 Å². The monoisotopic (exact) mass is 266 g/mol. The molecule has 0 saturated heterocycles. The quantitative estimate of drug-likeness (QED) is 0.781. The molecule has 0 aliphatic heterocycles. The molecule has 0 spiro atoms. The van der Waals surface area contributed by atoms with Gasteiger partial charge in [-0.1, -0.05) is 50.9 Å². The largest absolute Gasteiger partial charge is 0.338 e. The Bertz CT molecular complexity index is 448. The normalized spacial score (nSPS) is 12.7. The number of halogens is 1. The van der Waals surface area contributed by atoms with Crippen molar-refractivity contribution in [1.29, 1.82) is 0 Å². The van der Waals surface area contributed by atoms with Crippen molar-refractivity contribution in [2.75, 3.05) is 0 Å². The predicted octanol–water partition coefficient (Wildman–Crippen LogP) is 3.50. The molecule has 0 saturated carbocycles. The maximum atomic E-state index is 5.10. The molecule has 78 valence electrons. The maximum absolute atomic E-state index is 5.10. The molecule has 0 bridgehead atoms. The molecule has 2 rings (SSSR count). The smallest absolute Gasteiger partial charge is 0.240 e. The summed E-state index contributed by atoms with van der Waals surface area (Å²) in [6, 6.07) is 8.04. The van der Waals surface area contributed by atoms with Gasteiger partial charge >= 0.3 is 0 Å². The van der Waals surface area contributed by atoms with Crippen LogP contribution < -0.4 is 0 Å². The minimum absolute atomic E-state index is 0.0872. The molecular formula is C11H11BrN2O. The lowest BCUT2D eigenvalue weighted by Crippen LogP contribution is -1.84. The fraction of sp³-hybridized carbons (Fsp3) is 0.273. The lowest BCUT2D eigenvalue weighted by molar-refractivity contribution is 0.382. The summed E-state index contributed by atoms with van der Waals surface area (Å²) in [4.78, 5) is 4.37. The average Bonchev–Trinajstić information content (AvgIpc) is 2.68. The molecule has 4 heteroatoms. The van der Waals surface area contributed by atoms with Gasteiger partial charge in [-0.15, -0.1) is 0 Å². The van der Waals surface area contributed by atoms with Crippen molar-refractivity contribution in [2.24, 2.45) is 0 Å². The van der Waals surface area contributed by atoms with Crippen LogP contribution in [0.5, 0.6) is 0 Å². The van der Waals surface area contributed by atoms with Gasteiger partial charge in [-0.2, -0.15) is 4.98 Å². The second kappa shape index (κ2) is 4.14. The Morgan fingerprint density at radius 1 is 1.27 bits per heavy atom. The molecule has 1 heterocycles. The standard InChI is InChI=1S/C11H11BrN2O/c1-7-3-5-9(6-4-7)10-13-11(8(2)12)15-14-10/h3-6,8H,1-2H3. The Balaban J connectivity index is 2.33. The van der Waals surface area contributed by atoms with Crippen molar-refractivity contribution in [2.45, 2.75) is 18.7 Å². The molecule has 3 nitrogen and oxygen atoms in total. The van der Waals surface area contributed by atoms with Gasteiger partial charge in [0.25, 0.3) is 0 Å². The van der Waals surface area contributed by atoms with Crippen LogP contribution in [0.25, 0.3) is 11.4 Å². The summed E-state index contributed by atoms with van der Waals surface area (Å²) >= 11 is 3.38. The third-order valence-corrected chi connectivity index (χ3v) is 2.48. The first-order valence-electron chi connectivity index (χ1n) is 4.71. The van der Waals surface area contributed by atoms with E-state index in [1.165, 1.54) is 5.56 Å². The van der Waals surface area contributed by atoms with Gasteiger partial charge in [0.15, 0.2) is 0 Å². The molecule has 0 fully saturated rings. The first-order valence-corrected chi connectivity index (χ1v) is 5.63. The van der Waals surface area contributed by atoms with Gasteiger partial charge in [0, 0.05) is 5.56 Å². The van der Waals surface area contributed by atoms with Crippen LogP contribution in [-0.2, 0) is 0 Å². The summed E-state index contributed by atoms with van der Waals surface area (Å²) in [5.41, 5.74) is 2.19. The van der Waals surface area contributed by atoms with Crippen molar-refractivity contribution in [3.05, 3.63) is 35.7 Å². The zero-order valence-corrected chi connectivity index (χ0v) is 10.2. The van der Waals surface area contributed by atoms with Gasteiger partial charge in [0.05, 0.1) is 4.83 Å². The topological polar surface area (TPSA) is 38.9 Å². The van der Waals surface area contributed by atoms with Gasteiger partial charge in [-0.05, 0) is 13.8 Å². The zero-order valence-electron chi connectivity index (χ0n) is 8.57. The van der Waals surface area contributed by atoms with Gasteiger partial charge < -0.3 is 4.52 Å². The minimum Gasteiger partial charge on any atom is -0.338 e. The maximum Gasteiger partial charge on any atom is 0.240 e. The molecule has 2 aromatic rings. The SMILES string of the molecule is Cc1ccc(-c2noc(C(C)Br)n2)cc1. The lowest BCUT2D eigenvalue weighted by atomic mass is 10.1. The van der Waals surface area contributed by atoms with Crippen LogP contribution in [0, 0.1) is 6.92 Å². The fourth-order valence-electron chi connectivity index (χ4n) is 1.22. The Kier molecular flexibility index (Phi) is 2.86. The number of aryl methyl sites for hydroxylation is 1. The zero-order chi connectivity index (χ0) is 10.8. The molecule has 1 aromatic carbocycles. The van der Waals surface area contributed by atoms with Crippen LogP contribution in [-0.4, -0.2) is 10.1 Å². The first-order chi connectivity index (χ1) is 7.16. The van der Waals surface area contributed by atoms with Crippen LogP contribution in [0.2, 0.25) is 0 Å². The van der Waals surface area contributed by atoms with E-state index in [4.69, 9.17) is 4.52 Å². The van der Waals surface area contributed by atoms with E-state index in [0.717, 1.165) is 5.56 Å². The second-order valence-corrected chi connectivity index (χ2v) is 4.81. The number of alkyl halides is 1. The molecule has 0 aliphatic carbocycles. The van der Waals surface area contributed by atoms with E-state index in [1.54, 1.807) is 0 Å². The number of hydrogen-bond donors (Lipinski definition) is 0. The van der Waals surface area contributed by atoms with E-state index < -0.39 is 0 Å². The first kappa shape index (κ1) is 10.4. The van der Waals surface area contributed by atoms with E-state index in [2.05, 4.69) is 26.1 Å². The molecule has 1 atom stereocenters. The summed E-state index contributed by atoms with van der Waals surface area (Å²) in [5, 5.41) is 3.92. The number of hydrogen-bond acceptors (Lipinski definition) is 3. The highest BCUT2D eigenvalue weighted by Crippen LogP contribution is 2.23.